The summed E-state index contributed by atoms with van der Waals surface area (Å²) in [5, 5.41) is 14.3. The summed E-state index contributed by atoms with van der Waals surface area (Å²) in [7, 11) is 0. The summed E-state index contributed by atoms with van der Waals surface area (Å²) in [5.74, 6) is 0. The molecule has 5 aromatic rings. The van der Waals surface area contributed by atoms with E-state index >= 15 is 0 Å². The van der Waals surface area contributed by atoms with Crippen LogP contribution in [0.2, 0.25) is 5.02 Å². The number of alkyl halides is 3. The molecule has 3 heterocycles. The number of hydrogen-bond donors (Lipinski definition) is 2. The topological polar surface area (TPSA) is 90.7 Å². The summed E-state index contributed by atoms with van der Waals surface area (Å²) >= 11 is 7.13. The number of aromatic nitrogens is 2. The molecular formula is C27H15ClF3N5OS. The van der Waals surface area contributed by atoms with E-state index in [9.17, 15) is 23.2 Å². The van der Waals surface area contributed by atoms with Crippen molar-refractivity contribution in [1.29, 1.82) is 5.26 Å². The first-order valence-corrected chi connectivity index (χ1v) is 12.2. The molecule has 2 N–H and O–H groups in total. The van der Waals surface area contributed by atoms with Crippen LogP contribution in [0, 0.1) is 11.3 Å². The Balaban J connectivity index is 1.45. The van der Waals surface area contributed by atoms with Crippen molar-refractivity contribution < 1.29 is 18.0 Å². The third-order valence-electron chi connectivity index (χ3n) is 5.57. The molecule has 0 saturated heterocycles. The number of halogens is 4. The van der Waals surface area contributed by atoms with Crippen molar-refractivity contribution in [2.75, 3.05) is 10.6 Å². The summed E-state index contributed by atoms with van der Waals surface area (Å²) in [6.45, 7) is 0. The molecule has 0 aliphatic carbocycles. The van der Waals surface area contributed by atoms with Crippen molar-refractivity contribution in [1.82, 2.24) is 9.97 Å². The third kappa shape index (κ3) is 5.16. The number of carbonyl (C=O) groups excluding carboxylic acids is 1. The van der Waals surface area contributed by atoms with E-state index in [1.807, 2.05) is 18.2 Å². The molecule has 6 nitrogen and oxygen atoms in total. The fraction of sp³-hybridized carbons (Fsp3) is 0.0370. The molecule has 11 heteroatoms. The summed E-state index contributed by atoms with van der Waals surface area (Å²) in [6.07, 6.45) is 0.241. The van der Waals surface area contributed by atoms with Crippen LogP contribution in [0.5, 0.6) is 0 Å². The van der Waals surface area contributed by atoms with Gasteiger partial charge in [-0.05, 0) is 59.7 Å². The molecule has 2 aromatic carbocycles. The first-order chi connectivity index (χ1) is 18.2. The van der Waals surface area contributed by atoms with Crippen LogP contribution in [0.4, 0.5) is 29.3 Å². The molecule has 0 radical (unpaired) electrons. The van der Waals surface area contributed by atoms with Crippen molar-refractivity contribution in [3.8, 4) is 27.6 Å². The van der Waals surface area contributed by atoms with Crippen LogP contribution < -0.4 is 10.6 Å². The molecular weight excluding hydrogens is 535 g/mol. The number of fused-ring (bicyclic) bond motifs is 1. The average molecular weight is 550 g/mol. The average Bonchev–Trinajstić information content (AvgIpc) is 3.33. The molecule has 0 aliphatic heterocycles. The monoisotopic (exact) mass is 549 g/mol. The number of anilines is 2. The Hall–Kier alpha value is -4.46. The van der Waals surface area contributed by atoms with E-state index in [0.29, 0.717) is 22.4 Å². The van der Waals surface area contributed by atoms with Crippen LogP contribution in [-0.2, 0) is 6.18 Å². The summed E-state index contributed by atoms with van der Waals surface area (Å²) in [6, 6.07) is 17.1. The molecule has 2 amide bonds. The molecule has 0 unspecified atom stereocenters. The molecule has 38 heavy (non-hydrogen) atoms. The maximum Gasteiger partial charge on any atom is 0.417 e. The van der Waals surface area contributed by atoms with Gasteiger partial charge in [0, 0.05) is 40.4 Å². The van der Waals surface area contributed by atoms with E-state index in [4.69, 9.17) is 11.6 Å². The van der Waals surface area contributed by atoms with Crippen LogP contribution in [0.25, 0.3) is 31.8 Å². The van der Waals surface area contributed by atoms with Gasteiger partial charge in [-0.25, -0.2) is 4.79 Å². The summed E-state index contributed by atoms with van der Waals surface area (Å²) in [5.41, 5.74) is 2.64. The largest absolute Gasteiger partial charge is 0.417 e. The van der Waals surface area contributed by atoms with E-state index in [-0.39, 0.29) is 5.69 Å². The molecule has 0 atom stereocenters. The number of carbonyl (C=O) groups is 1. The molecule has 0 saturated carbocycles. The number of benzene rings is 2. The van der Waals surface area contributed by atoms with Gasteiger partial charge in [0.25, 0.3) is 0 Å². The number of nitriles is 1. The lowest BCUT2D eigenvalue weighted by atomic mass is 10.0. The Bertz CT molecular complexity index is 1710. The molecule has 0 bridgehead atoms. The molecule has 5 rings (SSSR count). The van der Waals surface area contributed by atoms with Crippen LogP contribution in [0.3, 0.4) is 0 Å². The third-order valence-corrected chi connectivity index (χ3v) is 7.09. The van der Waals surface area contributed by atoms with Gasteiger partial charge in [-0.3, -0.25) is 9.97 Å². The number of urea groups is 1. The Morgan fingerprint density at radius 1 is 0.974 bits per heavy atom. The van der Waals surface area contributed by atoms with Crippen molar-refractivity contribution in [3.05, 3.63) is 95.4 Å². The number of pyridine rings is 2. The van der Waals surface area contributed by atoms with E-state index in [1.54, 1.807) is 36.7 Å². The van der Waals surface area contributed by atoms with E-state index in [0.717, 1.165) is 32.8 Å². The van der Waals surface area contributed by atoms with Crippen molar-refractivity contribution in [2.45, 2.75) is 6.18 Å². The minimum atomic E-state index is -4.66. The zero-order valence-corrected chi connectivity index (χ0v) is 20.7. The SMILES string of the molecule is N#Cc1cnc2cc(-c3ccncc3)sc2c1-c1cccc(NC(=O)Nc2ccc(Cl)c(C(F)(F)F)c2)c1. The zero-order chi connectivity index (χ0) is 26.9. The number of amides is 2. The maximum atomic E-state index is 13.1. The highest BCUT2D eigenvalue weighted by Crippen LogP contribution is 2.40. The van der Waals surface area contributed by atoms with Crippen LogP contribution >= 0.6 is 22.9 Å². The van der Waals surface area contributed by atoms with Gasteiger partial charge in [-0.15, -0.1) is 11.3 Å². The number of nitrogens with zero attached hydrogens (tertiary/aromatic N) is 3. The van der Waals surface area contributed by atoms with Crippen molar-refractivity contribution in [3.63, 3.8) is 0 Å². The lowest BCUT2D eigenvalue weighted by molar-refractivity contribution is -0.137. The van der Waals surface area contributed by atoms with Crippen LogP contribution in [0.1, 0.15) is 11.1 Å². The standard InChI is InChI=1S/C27H15ClF3N5OS/c28-21-5-4-19(11-20(21)27(29,30)31)36-26(37)35-18-3-1-2-16(10-18)24-17(13-32)14-34-22-12-23(38-25(22)24)15-6-8-33-9-7-15/h1-12,14H,(H2,35,36,37). The van der Waals surface area contributed by atoms with Gasteiger partial charge in [-0.1, -0.05) is 23.7 Å². The smallest absolute Gasteiger partial charge is 0.308 e. The van der Waals surface area contributed by atoms with Gasteiger partial charge < -0.3 is 10.6 Å². The Labute approximate surface area is 223 Å². The van der Waals surface area contributed by atoms with Gasteiger partial charge in [0.1, 0.15) is 6.07 Å². The highest BCUT2D eigenvalue weighted by molar-refractivity contribution is 7.22. The van der Waals surface area contributed by atoms with Crippen molar-refractivity contribution in [2.24, 2.45) is 0 Å². The van der Waals surface area contributed by atoms with Gasteiger partial charge >= 0.3 is 12.2 Å². The summed E-state index contributed by atoms with van der Waals surface area (Å²) in [4.78, 5) is 22.0. The van der Waals surface area contributed by atoms with E-state index in [2.05, 4.69) is 26.7 Å². The predicted molar refractivity (Wildman–Crippen MR) is 142 cm³/mol. The van der Waals surface area contributed by atoms with Crippen molar-refractivity contribution >= 4 is 50.6 Å². The normalized spacial score (nSPS) is 11.2. The first kappa shape index (κ1) is 25.2. The van der Waals surface area contributed by atoms with Gasteiger partial charge in [0.15, 0.2) is 0 Å². The van der Waals surface area contributed by atoms with Gasteiger partial charge in [0.2, 0.25) is 0 Å². The van der Waals surface area contributed by atoms with E-state index in [1.165, 1.54) is 23.6 Å². The second kappa shape index (κ2) is 10.1. The number of hydrogen-bond acceptors (Lipinski definition) is 5. The van der Waals surface area contributed by atoms with Crippen LogP contribution in [0.15, 0.2) is 79.3 Å². The Morgan fingerprint density at radius 2 is 1.71 bits per heavy atom. The number of nitrogens with one attached hydrogen (secondary N) is 2. The molecule has 3 aromatic heterocycles. The molecule has 0 fully saturated rings. The number of rotatable bonds is 4. The minimum absolute atomic E-state index is 0.0692. The minimum Gasteiger partial charge on any atom is -0.308 e. The van der Waals surface area contributed by atoms with E-state index < -0.39 is 22.8 Å². The zero-order valence-electron chi connectivity index (χ0n) is 19.2. The Morgan fingerprint density at radius 3 is 2.42 bits per heavy atom. The highest BCUT2D eigenvalue weighted by Gasteiger charge is 2.33. The first-order valence-electron chi connectivity index (χ1n) is 11.0. The lowest BCUT2D eigenvalue weighted by Crippen LogP contribution is -2.20. The molecule has 0 aliphatic rings. The molecule has 188 valence electrons. The molecule has 0 spiro atoms. The van der Waals surface area contributed by atoms with Gasteiger partial charge in [-0.2, -0.15) is 18.4 Å². The second-order valence-corrected chi connectivity index (χ2v) is 9.53. The quantitative estimate of drug-likeness (QED) is 0.236. The fourth-order valence-corrected chi connectivity index (χ4v) is 5.29. The highest BCUT2D eigenvalue weighted by atomic mass is 35.5. The fourth-order valence-electron chi connectivity index (χ4n) is 3.87. The second-order valence-electron chi connectivity index (χ2n) is 8.07. The maximum absolute atomic E-state index is 13.1. The Kier molecular flexibility index (Phi) is 6.72. The lowest BCUT2D eigenvalue weighted by Gasteiger charge is -2.13. The number of thiophene rings is 1. The van der Waals surface area contributed by atoms with Crippen LogP contribution in [-0.4, -0.2) is 16.0 Å². The summed E-state index contributed by atoms with van der Waals surface area (Å²) < 4.78 is 40.2. The predicted octanol–water partition coefficient (Wildman–Crippen LogP) is 8.21. The van der Waals surface area contributed by atoms with Gasteiger partial charge in [0.05, 0.1) is 26.4 Å².